The van der Waals surface area contributed by atoms with Gasteiger partial charge in [0.1, 0.15) is 12.6 Å². The first-order valence-electron chi connectivity index (χ1n) is 13.9. The van der Waals surface area contributed by atoms with Gasteiger partial charge in [0.25, 0.3) is 10.0 Å². The Kier molecular flexibility index (Phi) is 9.30. The van der Waals surface area contributed by atoms with Crippen LogP contribution in [0, 0.1) is 20.8 Å². The van der Waals surface area contributed by atoms with Crippen LogP contribution in [0.5, 0.6) is 0 Å². The monoisotopic (exact) mass is 561 g/mol. The third-order valence-corrected chi connectivity index (χ3v) is 9.36. The number of aryl methyl sites for hydroxylation is 3. The first-order chi connectivity index (χ1) is 19.1. The Labute approximate surface area is 238 Å². The van der Waals surface area contributed by atoms with E-state index in [4.69, 9.17) is 0 Å². The van der Waals surface area contributed by atoms with Gasteiger partial charge in [-0.1, -0.05) is 73.0 Å². The number of anilines is 1. The van der Waals surface area contributed by atoms with E-state index in [0.717, 1.165) is 47.9 Å². The molecule has 0 heterocycles. The molecule has 7 nitrogen and oxygen atoms in total. The molecule has 0 saturated heterocycles. The van der Waals surface area contributed by atoms with E-state index in [1.165, 1.54) is 21.3 Å². The van der Waals surface area contributed by atoms with Crippen LogP contribution >= 0.6 is 0 Å². The molecule has 1 saturated carbocycles. The number of carbonyl (C=O) groups is 2. The normalized spacial score (nSPS) is 14.5. The van der Waals surface area contributed by atoms with Gasteiger partial charge in [-0.15, -0.1) is 0 Å². The summed E-state index contributed by atoms with van der Waals surface area (Å²) in [6.45, 7) is 7.16. The van der Waals surface area contributed by atoms with Gasteiger partial charge in [-0.25, -0.2) is 8.42 Å². The first kappa shape index (κ1) is 29.3. The van der Waals surface area contributed by atoms with E-state index in [9.17, 15) is 18.0 Å². The molecule has 0 aliphatic heterocycles. The summed E-state index contributed by atoms with van der Waals surface area (Å²) in [5.74, 6) is -0.674. The quantitative estimate of drug-likeness (QED) is 0.365. The Morgan fingerprint density at radius 1 is 0.900 bits per heavy atom. The van der Waals surface area contributed by atoms with Crippen molar-refractivity contribution in [1.82, 2.24) is 10.2 Å². The standard InChI is InChI=1S/C32H39N3O4S/c1-23-15-18-27(19-16-23)21-34(26(4)32(37)33-28-10-8-9-11-28)31(36)22-35(30-20-24(2)14-17-25(30)3)40(38,39)29-12-6-5-7-13-29/h5-7,12-20,26,28H,8-11,21-22H2,1-4H3,(H,33,37). The molecule has 4 rings (SSSR count). The lowest BCUT2D eigenvalue weighted by Crippen LogP contribution is -2.52. The molecule has 1 fully saturated rings. The van der Waals surface area contributed by atoms with Crippen LogP contribution < -0.4 is 9.62 Å². The van der Waals surface area contributed by atoms with Gasteiger partial charge in [0.05, 0.1) is 10.6 Å². The molecule has 8 heteroatoms. The van der Waals surface area contributed by atoms with Crippen molar-refractivity contribution in [2.24, 2.45) is 0 Å². The second kappa shape index (κ2) is 12.7. The number of nitrogens with zero attached hydrogens (tertiary/aromatic N) is 2. The topological polar surface area (TPSA) is 86.8 Å². The fourth-order valence-electron chi connectivity index (χ4n) is 5.09. The molecule has 0 bridgehead atoms. The van der Waals surface area contributed by atoms with Crippen molar-refractivity contribution in [2.75, 3.05) is 10.8 Å². The molecule has 1 atom stereocenters. The number of rotatable bonds is 10. The second-order valence-corrected chi connectivity index (χ2v) is 12.7. The number of benzene rings is 3. The SMILES string of the molecule is Cc1ccc(CN(C(=O)CN(c2cc(C)ccc2C)S(=O)(=O)c2ccccc2)C(C)C(=O)NC2CCCC2)cc1. The van der Waals surface area contributed by atoms with Gasteiger partial charge in [0, 0.05) is 12.6 Å². The molecule has 0 spiro atoms. The summed E-state index contributed by atoms with van der Waals surface area (Å²) in [6, 6.07) is 20.8. The minimum atomic E-state index is -4.08. The molecule has 3 aromatic carbocycles. The highest BCUT2D eigenvalue weighted by Crippen LogP contribution is 2.28. The van der Waals surface area contributed by atoms with Gasteiger partial charge in [-0.05, 0) is 75.4 Å². The van der Waals surface area contributed by atoms with E-state index in [2.05, 4.69) is 5.32 Å². The molecule has 3 aromatic rings. The molecule has 0 aromatic heterocycles. The van der Waals surface area contributed by atoms with Crippen LogP contribution in [0.3, 0.4) is 0 Å². The zero-order chi connectivity index (χ0) is 28.9. The van der Waals surface area contributed by atoms with Gasteiger partial charge in [0.15, 0.2) is 0 Å². The Bertz CT molecular complexity index is 1430. The predicted octanol–water partition coefficient (Wildman–Crippen LogP) is 5.28. The molecule has 40 heavy (non-hydrogen) atoms. The number of amides is 2. The van der Waals surface area contributed by atoms with Gasteiger partial charge >= 0.3 is 0 Å². The number of nitrogens with one attached hydrogen (secondary N) is 1. The van der Waals surface area contributed by atoms with Crippen molar-refractivity contribution in [3.8, 4) is 0 Å². The van der Waals surface area contributed by atoms with Gasteiger partial charge in [0.2, 0.25) is 11.8 Å². The van der Waals surface area contributed by atoms with E-state index < -0.39 is 28.5 Å². The van der Waals surface area contributed by atoms with Crippen LogP contribution in [0.1, 0.15) is 54.9 Å². The molecule has 1 N–H and O–H groups in total. The van der Waals surface area contributed by atoms with Gasteiger partial charge < -0.3 is 10.2 Å². The number of hydrogen-bond acceptors (Lipinski definition) is 4. The molecule has 1 unspecified atom stereocenters. The summed E-state index contributed by atoms with van der Waals surface area (Å²) in [5.41, 5.74) is 4.00. The third kappa shape index (κ3) is 6.91. The molecule has 2 amide bonds. The summed E-state index contributed by atoms with van der Waals surface area (Å²) in [4.78, 5) is 29.0. The summed E-state index contributed by atoms with van der Waals surface area (Å²) < 4.78 is 29.1. The average molecular weight is 562 g/mol. The summed E-state index contributed by atoms with van der Waals surface area (Å²) >= 11 is 0. The Hall–Kier alpha value is -3.65. The highest BCUT2D eigenvalue weighted by atomic mass is 32.2. The maximum Gasteiger partial charge on any atom is 0.264 e. The third-order valence-electron chi connectivity index (χ3n) is 7.59. The maximum absolute atomic E-state index is 14.1. The van der Waals surface area contributed by atoms with E-state index in [1.807, 2.05) is 57.2 Å². The lowest BCUT2D eigenvalue weighted by Gasteiger charge is -2.33. The molecule has 1 aliphatic rings. The van der Waals surface area contributed by atoms with E-state index >= 15 is 0 Å². The number of carbonyl (C=O) groups excluding carboxylic acids is 2. The summed E-state index contributed by atoms with van der Waals surface area (Å²) in [7, 11) is -4.08. The molecular formula is C32H39N3O4S. The molecular weight excluding hydrogens is 522 g/mol. The highest BCUT2D eigenvalue weighted by molar-refractivity contribution is 7.92. The van der Waals surface area contributed by atoms with Crippen LogP contribution in [0.4, 0.5) is 5.69 Å². The lowest BCUT2D eigenvalue weighted by molar-refractivity contribution is -0.139. The fourth-order valence-corrected chi connectivity index (χ4v) is 6.58. The smallest absolute Gasteiger partial charge is 0.264 e. The van der Waals surface area contributed by atoms with Crippen molar-refractivity contribution in [2.45, 2.75) is 76.9 Å². The highest BCUT2D eigenvalue weighted by Gasteiger charge is 2.33. The zero-order valence-electron chi connectivity index (χ0n) is 23.8. The Morgan fingerprint density at radius 2 is 1.52 bits per heavy atom. The van der Waals surface area contributed by atoms with Crippen LogP contribution in [0.25, 0.3) is 0 Å². The van der Waals surface area contributed by atoms with Crippen molar-refractivity contribution < 1.29 is 18.0 Å². The number of hydrogen-bond donors (Lipinski definition) is 1. The number of sulfonamides is 1. The van der Waals surface area contributed by atoms with Crippen LogP contribution in [0.2, 0.25) is 0 Å². The largest absolute Gasteiger partial charge is 0.352 e. The molecule has 212 valence electrons. The maximum atomic E-state index is 14.1. The van der Waals surface area contributed by atoms with Crippen molar-refractivity contribution >= 4 is 27.5 Å². The van der Waals surface area contributed by atoms with E-state index in [0.29, 0.717) is 5.69 Å². The Balaban J connectivity index is 1.70. The lowest BCUT2D eigenvalue weighted by atomic mass is 10.1. The van der Waals surface area contributed by atoms with Gasteiger partial charge in [-0.2, -0.15) is 0 Å². The average Bonchev–Trinajstić information content (AvgIpc) is 3.45. The summed E-state index contributed by atoms with van der Waals surface area (Å²) in [6.07, 6.45) is 4.02. The van der Waals surface area contributed by atoms with E-state index in [-0.39, 0.29) is 23.4 Å². The zero-order valence-corrected chi connectivity index (χ0v) is 24.6. The second-order valence-electron chi connectivity index (χ2n) is 10.8. The van der Waals surface area contributed by atoms with Gasteiger partial charge in [-0.3, -0.25) is 13.9 Å². The predicted molar refractivity (Wildman–Crippen MR) is 158 cm³/mol. The molecule has 1 aliphatic carbocycles. The van der Waals surface area contributed by atoms with Crippen LogP contribution in [-0.4, -0.2) is 43.8 Å². The Morgan fingerprint density at radius 3 is 2.17 bits per heavy atom. The first-order valence-corrected chi connectivity index (χ1v) is 15.3. The van der Waals surface area contributed by atoms with Crippen molar-refractivity contribution in [1.29, 1.82) is 0 Å². The molecule has 0 radical (unpaired) electrons. The minimum absolute atomic E-state index is 0.0980. The van der Waals surface area contributed by atoms with Crippen LogP contribution in [0.15, 0.2) is 77.7 Å². The van der Waals surface area contributed by atoms with Crippen molar-refractivity contribution in [3.05, 3.63) is 95.1 Å². The van der Waals surface area contributed by atoms with E-state index in [1.54, 1.807) is 31.2 Å². The minimum Gasteiger partial charge on any atom is -0.352 e. The van der Waals surface area contributed by atoms with Crippen LogP contribution in [-0.2, 0) is 26.2 Å². The van der Waals surface area contributed by atoms with Crippen molar-refractivity contribution in [3.63, 3.8) is 0 Å². The summed E-state index contributed by atoms with van der Waals surface area (Å²) in [5, 5.41) is 3.10. The fraction of sp³-hybridized carbons (Fsp3) is 0.375.